The summed E-state index contributed by atoms with van der Waals surface area (Å²) in [6, 6.07) is 7.45. The van der Waals surface area contributed by atoms with Crippen molar-refractivity contribution >= 4 is 39.2 Å². The summed E-state index contributed by atoms with van der Waals surface area (Å²) in [6.07, 6.45) is 0. The van der Waals surface area contributed by atoms with Crippen molar-refractivity contribution in [1.29, 1.82) is 0 Å². The van der Waals surface area contributed by atoms with E-state index in [0.717, 1.165) is 12.1 Å². The fourth-order valence-electron chi connectivity index (χ4n) is 2.20. The molecular weight excluding hydrogens is 362 g/mol. The molecule has 0 fully saturated rings. The third kappa shape index (κ3) is 2.26. The second-order valence-corrected chi connectivity index (χ2v) is 5.58. The van der Waals surface area contributed by atoms with Crippen LogP contribution in [0.1, 0.15) is 0 Å². The van der Waals surface area contributed by atoms with E-state index in [1.165, 1.54) is 11.7 Å². The van der Waals surface area contributed by atoms with Gasteiger partial charge in [0.2, 0.25) is 0 Å². The van der Waals surface area contributed by atoms with Crippen molar-refractivity contribution in [2.24, 2.45) is 0 Å². The number of fused-ring (bicyclic) bond motifs is 1. The Labute approximate surface area is 132 Å². The molecule has 1 heterocycles. The predicted octanol–water partition coefficient (Wildman–Crippen LogP) is 4.74. The van der Waals surface area contributed by atoms with Crippen molar-refractivity contribution in [1.82, 2.24) is 9.55 Å². The number of hydrogen-bond donors (Lipinski definition) is 1. The molecule has 0 aliphatic heterocycles. The van der Waals surface area contributed by atoms with Gasteiger partial charge in [0.15, 0.2) is 4.77 Å². The van der Waals surface area contributed by atoms with Gasteiger partial charge in [-0.2, -0.15) is 0 Å². The summed E-state index contributed by atoms with van der Waals surface area (Å²) >= 11 is 8.19. The minimum atomic E-state index is -0.580. The smallest absolute Gasteiger partial charge is 0.182 e. The number of methoxy groups -OCH3 is 1. The van der Waals surface area contributed by atoms with Crippen molar-refractivity contribution in [3.8, 4) is 11.4 Å². The first-order valence-electron chi connectivity index (χ1n) is 5.95. The number of nitrogens with zero attached hydrogens (tertiary/aromatic N) is 1. The molecule has 108 valence electrons. The number of aromatic amines is 1. The first-order chi connectivity index (χ1) is 10.0. The van der Waals surface area contributed by atoms with Crippen molar-refractivity contribution in [2.45, 2.75) is 0 Å². The molecule has 2 aromatic carbocycles. The zero-order valence-electron chi connectivity index (χ0n) is 10.8. The third-order valence-electron chi connectivity index (χ3n) is 3.13. The zero-order valence-corrected chi connectivity index (χ0v) is 13.2. The van der Waals surface area contributed by atoms with Crippen molar-refractivity contribution in [3.63, 3.8) is 0 Å². The van der Waals surface area contributed by atoms with Crippen molar-refractivity contribution in [2.75, 3.05) is 7.11 Å². The van der Waals surface area contributed by atoms with Crippen LogP contribution in [0.4, 0.5) is 8.78 Å². The Balaban J connectivity index is 2.39. The number of ether oxygens (including phenoxy) is 1. The van der Waals surface area contributed by atoms with E-state index >= 15 is 0 Å². The van der Waals surface area contributed by atoms with Crippen LogP contribution < -0.4 is 4.74 Å². The molecule has 0 amide bonds. The lowest BCUT2D eigenvalue weighted by Gasteiger charge is -2.08. The molecule has 0 bridgehead atoms. The lowest BCUT2D eigenvalue weighted by atomic mass is 10.2. The molecule has 3 aromatic rings. The Morgan fingerprint density at radius 1 is 1.24 bits per heavy atom. The molecule has 7 heteroatoms. The molecule has 0 unspecified atom stereocenters. The maximum absolute atomic E-state index is 14.2. The van der Waals surface area contributed by atoms with Gasteiger partial charge < -0.3 is 9.72 Å². The van der Waals surface area contributed by atoms with Gasteiger partial charge in [-0.25, -0.2) is 8.78 Å². The van der Waals surface area contributed by atoms with E-state index in [0.29, 0.717) is 16.8 Å². The van der Waals surface area contributed by atoms with E-state index in [1.807, 2.05) is 0 Å². The van der Waals surface area contributed by atoms with E-state index < -0.39 is 11.6 Å². The molecule has 0 aliphatic rings. The highest BCUT2D eigenvalue weighted by molar-refractivity contribution is 9.10. The maximum Gasteiger partial charge on any atom is 0.182 e. The number of para-hydroxylation sites is 1. The molecule has 0 atom stereocenters. The topological polar surface area (TPSA) is 29.9 Å². The van der Waals surface area contributed by atoms with E-state index in [2.05, 4.69) is 20.9 Å². The first kappa shape index (κ1) is 14.2. The van der Waals surface area contributed by atoms with Gasteiger partial charge in [0.05, 0.1) is 22.8 Å². The Bertz CT molecular complexity index is 904. The van der Waals surface area contributed by atoms with Crippen LogP contribution in [-0.4, -0.2) is 16.7 Å². The number of benzene rings is 2. The van der Waals surface area contributed by atoms with Crippen LogP contribution >= 0.6 is 28.1 Å². The molecule has 3 nitrogen and oxygen atoms in total. The van der Waals surface area contributed by atoms with Crippen LogP contribution in [0.2, 0.25) is 0 Å². The predicted molar refractivity (Wildman–Crippen MR) is 82.6 cm³/mol. The highest BCUT2D eigenvalue weighted by atomic mass is 79.9. The molecule has 3 rings (SSSR count). The van der Waals surface area contributed by atoms with Crippen LogP contribution in [0, 0.1) is 16.4 Å². The number of aromatic nitrogens is 2. The van der Waals surface area contributed by atoms with Gasteiger partial charge in [-0.15, -0.1) is 0 Å². The number of hydrogen-bond acceptors (Lipinski definition) is 2. The van der Waals surface area contributed by atoms with Gasteiger partial charge in [-0.3, -0.25) is 4.57 Å². The summed E-state index contributed by atoms with van der Waals surface area (Å²) in [5.74, 6) is -0.566. The summed E-state index contributed by atoms with van der Waals surface area (Å²) in [7, 11) is 1.53. The molecule has 0 spiro atoms. The van der Waals surface area contributed by atoms with Crippen molar-refractivity contribution < 1.29 is 13.5 Å². The van der Waals surface area contributed by atoms with E-state index in [4.69, 9.17) is 17.0 Å². The summed E-state index contributed by atoms with van der Waals surface area (Å²) < 4.78 is 34.9. The number of halogens is 3. The second kappa shape index (κ2) is 5.23. The maximum atomic E-state index is 14.2. The lowest BCUT2D eigenvalue weighted by molar-refractivity contribution is 0.419. The fourth-order valence-corrected chi connectivity index (χ4v) is 2.81. The second-order valence-electron chi connectivity index (χ2n) is 4.34. The Morgan fingerprint density at radius 3 is 2.71 bits per heavy atom. The molecule has 0 saturated carbocycles. The number of rotatable bonds is 2. The zero-order chi connectivity index (χ0) is 15.1. The van der Waals surface area contributed by atoms with Crippen LogP contribution in [0.3, 0.4) is 0 Å². The Kier molecular flexibility index (Phi) is 3.54. The Morgan fingerprint density at radius 2 is 2.00 bits per heavy atom. The average molecular weight is 371 g/mol. The fraction of sp³-hybridized carbons (Fsp3) is 0.0714. The number of imidazole rings is 1. The average Bonchev–Trinajstić information content (AvgIpc) is 2.79. The molecule has 1 aromatic heterocycles. The van der Waals surface area contributed by atoms with E-state index in [9.17, 15) is 8.78 Å². The van der Waals surface area contributed by atoms with Gasteiger partial charge in [0.25, 0.3) is 0 Å². The molecule has 0 aliphatic carbocycles. The standard InChI is InChI=1S/C14H9BrF2N2OS/c1-20-12-4-2-3-10-13(12)18-14(21)19(10)11-6-8(16)7(15)5-9(11)17/h2-6H,1H3,(H,18,21). The SMILES string of the molecule is COc1cccc2c1[nH]c(=S)n2-c1cc(F)c(Br)cc1F. The quantitative estimate of drug-likeness (QED) is 0.521. The lowest BCUT2D eigenvalue weighted by Crippen LogP contribution is -1.99. The highest BCUT2D eigenvalue weighted by Crippen LogP contribution is 2.29. The first-order valence-corrected chi connectivity index (χ1v) is 7.15. The molecule has 0 saturated heterocycles. The van der Waals surface area contributed by atoms with Gasteiger partial charge in [-0.05, 0) is 46.3 Å². The minimum Gasteiger partial charge on any atom is -0.494 e. The van der Waals surface area contributed by atoms with E-state index in [-0.39, 0.29) is 14.9 Å². The summed E-state index contributed by atoms with van der Waals surface area (Å²) in [5.41, 5.74) is 1.29. The van der Waals surface area contributed by atoms with Crippen LogP contribution in [0.15, 0.2) is 34.8 Å². The molecular formula is C14H9BrF2N2OS. The van der Waals surface area contributed by atoms with Gasteiger partial charge >= 0.3 is 0 Å². The molecule has 21 heavy (non-hydrogen) atoms. The van der Waals surface area contributed by atoms with E-state index in [1.54, 1.807) is 18.2 Å². The van der Waals surface area contributed by atoms with Gasteiger partial charge in [0.1, 0.15) is 22.9 Å². The molecule has 0 radical (unpaired) electrons. The largest absolute Gasteiger partial charge is 0.494 e. The van der Waals surface area contributed by atoms with Gasteiger partial charge in [0, 0.05) is 6.07 Å². The normalized spacial score (nSPS) is 11.0. The summed E-state index contributed by atoms with van der Waals surface area (Å²) in [4.78, 5) is 2.96. The highest BCUT2D eigenvalue weighted by Gasteiger charge is 2.15. The minimum absolute atomic E-state index is 0.0419. The van der Waals surface area contributed by atoms with Crippen molar-refractivity contribution in [3.05, 3.63) is 51.2 Å². The number of H-pyrrole nitrogens is 1. The summed E-state index contributed by atoms with van der Waals surface area (Å²) in [5, 5.41) is 0. The van der Waals surface area contributed by atoms with Crippen LogP contribution in [-0.2, 0) is 0 Å². The monoisotopic (exact) mass is 370 g/mol. The van der Waals surface area contributed by atoms with Gasteiger partial charge in [-0.1, -0.05) is 6.07 Å². The number of nitrogens with one attached hydrogen (secondary N) is 1. The van der Waals surface area contributed by atoms with Crippen LogP contribution in [0.25, 0.3) is 16.7 Å². The Hall–Kier alpha value is -1.73. The summed E-state index contributed by atoms with van der Waals surface area (Å²) in [6.45, 7) is 0. The molecule has 1 N–H and O–H groups in total. The third-order valence-corrected chi connectivity index (χ3v) is 4.02. The van der Waals surface area contributed by atoms with Crippen LogP contribution in [0.5, 0.6) is 5.75 Å².